The molecule has 17 heavy (non-hydrogen) atoms. The Balaban J connectivity index is 2.17. The van der Waals surface area contributed by atoms with Crippen LogP contribution in [0.2, 0.25) is 0 Å². The topological polar surface area (TPSA) is 59.6 Å². The molecule has 1 amide bonds. The zero-order valence-corrected chi connectivity index (χ0v) is 10.8. The smallest absolute Gasteiger partial charge is 0.246 e. The molecule has 1 aliphatic rings. The summed E-state index contributed by atoms with van der Waals surface area (Å²) in [5.41, 5.74) is 0. The Morgan fingerprint density at radius 2 is 2.12 bits per heavy atom. The van der Waals surface area contributed by atoms with Crippen molar-refractivity contribution in [1.29, 1.82) is 0 Å². The van der Waals surface area contributed by atoms with Gasteiger partial charge in [0.25, 0.3) is 0 Å². The third-order valence-corrected chi connectivity index (χ3v) is 3.13. The second-order valence-corrected chi connectivity index (χ2v) is 4.37. The first-order chi connectivity index (χ1) is 8.27. The maximum absolute atomic E-state index is 11.4. The number of carbonyl (C=O) groups excluding carboxylic acids is 1. The van der Waals surface area contributed by atoms with Gasteiger partial charge in [0.15, 0.2) is 0 Å². The first-order valence-electron chi connectivity index (χ1n) is 6.32. The minimum Gasteiger partial charge on any atom is -0.383 e. The third kappa shape index (κ3) is 5.48. The molecule has 5 heteroatoms. The Hall–Kier alpha value is -0.650. The molecule has 0 aromatic rings. The highest BCUT2D eigenvalue weighted by atomic mass is 16.5. The van der Waals surface area contributed by atoms with Gasteiger partial charge in [0.2, 0.25) is 5.91 Å². The summed E-state index contributed by atoms with van der Waals surface area (Å²) in [7, 11) is 3.56. The molecule has 1 aliphatic carbocycles. The second kappa shape index (κ2) is 8.44. The van der Waals surface area contributed by atoms with E-state index in [0.29, 0.717) is 19.2 Å². The zero-order chi connectivity index (χ0) is 12.5. The van der Waals surface area contributed by atoms with E-state index in [1.165, 1.54) is 12.8 Å². The monoisotopic (exact) mass is 244 g/mol. The van der Waals surface area contributed by atoms with Crippen LogP contribution >= 0.6 is 0 Å². The lowest BCUT2D eigenvalue weighted by Gasteiger charge is -2.30. The van der Waals surface area contributed by atoms with E-state index in [9.17, 15) is 4.79 Å². The SMILES string of the molecule is CNC1CCCCC1OCC(=O)NCCOC. The number of nitrogens with one attached hydrogen (secondary N) is 2. The van der Waals surface area contributed by atoms with Crippen LogP contribution in [0.1, 0.15) is 25.7 Å². The van der Waals surface area contributed by atoms with Crippen LogP contribution < -0.4 is 10.6 Å². The van der Waals surface area contributed by atoms with Gasteiger partial charge in [-0.1, -0.05) is 12.8 Å². The normalized spacial score (nSPS) is 24.6. The molecule has 0 saturated heterocycles. The lowest BCUT2D eigenvalue weighted by Crippen LogP contribution is -2.43. The van der Waals surface area contributed by atoms with Crippen molar-refractivity contribution < 1.29 is 14.3 Å². The predicted molar refractivity (Wildman–Crippen MR) is 65.9 cm³/mol. The molecule has 0 heterocycles. The highest BCUT2D eigenvalue weighted by molar-refractivity contribution is 5.77. The molecule has 2 atom stereocenters. The van der Waals surface area contributed by atoms with Crippen LogP contribution in [0.5, 0.6) is 0 Å². The van der Waals surface area contributed by atoms with Crippen molar-refractivity contribution >= 4 is 5.91 Å². The van der Waals surface area contributed by atoms with E-state index in [1.54, 1.807) is 7.11 Å². The van der Waals surface area contributed by atoms with Crippen LogP contribution in [-0.2, 0) is 14.3 Å². The second-order valence-electron chi connectivity index (χ2n) is 4.37. The summed E-state index contributed by atoms with van der Waals surface area (Å²) in [5, 5.41) is 6.00. The Kier molecular flexibility index (Phi) is 7.16. The average molecular weight is 244 g/mol. The summed E-state index contributed by atoms with van der Waals surface area (Å²) in [6.07, 6.45) is 4.77. The van der Waals surface area contributed by atoms with Crippen molar-refractivity contribution in [2.75, 3.05) is 33.9 Å². The molecule has 0 spiro atoms. The van der Waals surface area contributed by atoms with Gasteiger partial charge in [-0.15, -0.1) is 0 Å². The number of rotatable bonds is 7. The van der Waals surface area contributed by atoms with E-state index in [2.05, 4.69) is 10.6 Å². The molecule has 2 unspecified atom stereocenters. The fourth-order valence-corrected chi connectivity index (χ4v) is 2.15. The zero-order valence-electron chi connectivity index (χ0n) is 10.8. The van der Waals surface area contributed by atoms with Gasteiger partial charge < -0.3 is 20.1 Å². The molecule has 2 N–H and O–H groups in total. The Bertz CT molecular complexity index is 224. The van der Waals surface area contributed by atoms with Crippen LogP contribution in [0.4, 0.5) is 0 Å². The predicted octanol–water partition coefficient (Wildman–Crippen LogP) is 0.296. The maximum atomic E-state index is 11.4. The lowest BCUT2D eigenvalue weighted by molar-refractivity contribution is -0.129. The fourth-order valence-electron chi connectivity index (χ4n) is 2.15. The summed E-state index contributed by atoms with van der Waals surface area (Å²) < 4.78 is 10.5. The number of amides is 1. The van der Waals surface area contributed by atoms with E-state index < -0.39 is 0 Å². The van der Waals surface area contributed by atoms with E-state index >= 15 is 0 Å². The maximum Gasteiger partial charge on any atom is 0.246 e. The summed E-state index contributed by atoms with van der Waals surface area (Å²) in [5.74, 6) is -0.0672. The lowest BCUT2D eigenvalue weighted by atomic mass is 9.92. The van der Waals surface area contributed by atoms with Gasteiger partial charge in [-0.05, 0) is 19.9 Å². The molecule has 0 aromatic carbocycles. The van der Waals surface area contributed by atoms with Gasteiger partial charge >= 0.3 is 0 Å². The number of likely N-dealkylation sites (N-methyl/N-ethyl adjacent to an activating group) is 1. The standard InChI is InChI=1S/C12H24N2O3/c1-13-10-5-3-4-6-11(10)17-9-12(15)14-7-8-16-2/h10-11,13H,3-9H2,1-2H3,(H,14,15). The van der Waals surface area contributed by atoms with Crippen LogP contribution in [0, 0.1) is 0 Å². The van der Waals surface area contributed by atoms with Gasteiger partial charge in [-0.3, -0.25) is 4.79 Å². The summed E-state index contributed by atoms with van der Waals surface area (Å²) in [4.78, 5) is 11.4. The molecular formula is C12H24N2O3. The van der Waals surface area contributed by atoms with Crippen molar-refractivity contribution in [2.24, 2.45) is 0 Å². The first-order valence-corrected chi connectivity index (χ1v) is 6.32. The molecular weight excluding hydrogens is 220 g/mol. The highest BCUT2D eigenvalue weighted by Gasteiger charge is 2.24. The average Bonchev–Trinajstić information content (AvgIpc) is 2.37. The summed E-state index contributed by atoms with van der Waals surface area (Å²) in [6.45, 7) is 1.22. The van der Waals surface area contributed by atoms with E-state index in [4.69, 9.17) is 9.47 Å². The van der Waals surface area contributed by atoms with E-state index in [1.807, 2.05) is 7.05 Å². The van der Waals surface area contributed by atoms with Crippen LogP contribution in [-0.4, -0.2) is 52.0 Å². The number of hydrogen-bond acceptors (Lipinski definition) is 4. The largest absolute Gasteiger partial charge is 0.383 e. The molecule has 1 saturated carbocycles. The van der Waals surface area contributed by atoms with Crippen LogP contribution in [0.15, 0.2) is 0 Å². The number of methoxy groups -OCH3 is 1. The minimum absolute atomic E-state index is 0.0672. The summed E-state index contributed by atoms with van der Waals surface area (Å²) >= 11 is 0. The molecule has 5 nitrogen and oxygen atoms in total. The van der Waals surface area contributed by atoms with Crippen molar-refractivity contribution in [3.63, 3.8) is 0 Å². The highest BCUT2D eigenvalue weighted by Crippen LogP contribution is 2.20. The van der Waals surface area contributed by atoms with E-state index in [0.717, 1.165) is 12.8 Å². The van der Waals surface area contributed by atoms with Crippen molar-refractivity contribution in [3.8, 4) is 0 Å². The Morgan fingerprint density at radius 1 is 1.35 bits per heavy atom. The fraction of sp³-hybridized carbons (Fsp3) is 0.917. The minimum atomic E-state index is -0.0672. The van der Waals surface area contributed by atoms with E-state index in [-0.39, 0.29) is 18.6 Å². The number of carbonyl (C=O) groups is 1. The van der Waals surface area contributed by atoms with Gasteiger partial charge in [-0.25, -0.2) is 0 Å². The third-order valence-electron chi connectivity index (χ3n) is 3.13. The van der Waals surface area contributed by atoms with Crippen LogP contribution in [0.3, 0.4) is 0 Å². The molecule has 0 aromatic heterocycles. The van der Waals surface area contributed by atoms with Gasteiger partial charge in [0.05, 0.1) is 12.7 Å². The Labute approximate surface area is 103 Å². The molecule has 1 fully saturated rings. The quantitative estimate of drug-likeness (QED) is 0.632. The molecule has 1 rings (SSSR count). The molecule has 100 valence electrons. The molecule has 0 radical (unpaired) electrons. The van der Waals surface area contributed by atoms with Crippen LogP contribution in [0.25, 0.3) is 0 Å². The van der Waals surface area contributed by atoms with Gasteiger partial charge in [-0.2, -0.15) is 0 Å². The van der Waals surface area contributed by atoms with Crippen molar-refractivity contribution in [3.05, 3.63) is 0 Å². The molecule has 0 aliphatic heterocycles. The molecule has 0 bridgehead atoms. The summed E-state index contributed by atoms with van der Waals surface area (Å²) in [6, 6.07) is 0.385. The van der Waals surface area contributed by atoms with Crippen molar-refractivity contribution in [2.45, 2.75) is 37.8 Å². The Morgan fingerprint density at radius 3 is 2.82 bits per heavy atom. The van der Waals surface area contributed by atoms with Gasteiger partial charge in [0, 0.05) is 19.7 Å². The number of hydrogen-bond donors (Lipinski definition) is 2. The number of ether oxygens (including phenoxy) is 2. The first kappa shape index (κ1) is 14.4. The van der Waals surface area contributed by atoms with Gasteiger partial charge in [0.1, 0.15) is 6.61 Å². The van der Waals surface area contributed by atoms with Crippen molar-refractivity contribution in [1.82, 2.24) is 10.6 Å².